The van der Waals surface area contributed by atoms with Crippen LogP contribution in [0.3, 0.4) is 0 Å². The molecular formula is C25H21N3O5. The molecule has 1 atom stereocenters. The Balaban J connectivity index is 1.45. The summed E-state index contributed by atoms with van der Waals surface area (Å²) >= 11 is 0. The van der Waals surface area contributed by atoms with Crippen molar-refractivity contribution in [2.24, 2.45) is 0 Å². The van der Waals surface area contributed by atoms with Gasteiger partial charge in [-0.1, -0.05) is 42.5 Å². The van der Waals surface area contributed by atoms with Gasteiger partial charge in [0.25, 0.3) is 5.91 Å². The maximum atomic E-state index is 13.3. The minimum Gasteiger partial charge on any atom is -0.454 e. The number of para-hydroxylation sites is 2. The summed E-state index contributed by atoms with van der Waals surface area (Å²) in [7, 11) is 0. The number of anilines is 2. The van der Waals surface area contributed by atoms with Crippen LogP contribution in [0.25, 0.3) is 0 Å². The van der Waals surface area contributed by atoms with Crippen molar-refractivity contribution in [3.63, 3.8) is 0 Å². The molecule has 3 aromatic carbocycles. The van der Waals surface area contributed by atoms with E-state index in [1.165, 1.54) is 4.90 Å². The fourth-order valence-electron chi connectivity index (χ4n) is 3.98. The molecule has 0 bridgehead atoms. The van der Waals surface area contributed by atoms with Gasteiger partial charge in [0.05, 0.1) is 12.1 Å². The van der Waals surface area contributed by atoms with Crippen LogP contribution in [0.5, 0.6) is 11.5 Å². The molecule has 8 heteroatoms. The van der Waals surface area contributed by atoms with Gasteiger partial charge < -0.3 is 19.7 Å². The average molecular weight is 443 g/mol. The summed E-state index contributed by atoms with van der Waals surface area (Å²) in [4.78, 5) is 42.0. The van der Waals surface area contributed by atoms with E-state index in [9.17, 15) is 14.4 Å². The van der Waals surface area contributed by atoms with E-state index in [0.29, 0.717) is 22.9 Å². The van der Waals surface area contributed by atoms with Gasteiger partial charge in [0.1, 0.15) is 6.04 Å². The summed E-state index contributed by atoms with van der Waals surface area (Å²) in [5.74, 6) is 0.423. The number of carbonyl (C=O) groups excluding carboxylic acids is 3. The Morgan fingerprint density at radius 3 is 2.39 bits per heavy atom. The average Bonchev–Trinajstić information content (AvgIpc) is 3.42. The number of hydrogen-bond donors (Lipinski definition) is 1. The number of rotatable bonds is 5. The number of ether oxygens (including phenoxy) is 2. The van der Waals surface area contributed by atoms with Gasteiger partial charge in [-0.3, -0.25) is 9.59 Å². The number of imide groups is 1. The molecule has 2 aliphatic heterocycles. The zero-order chi connectivity index (χ0) is 22.8. The van der Waals surface area contributed by atoms with E-state index in [2.05, 4.69) is 5.32 Å². The maximum absolute atomic E-state index is 13.3. The molecule has 1 fully saturated rings. The van der Waals surface area contributed by atoms with Crippen LogP contribution in [-0.2, 0) is 16.1 Å². The summed E-state index contributed by atoms with van der Waals surface area (Å²) in [5, 5.41) is 2.83. The van der Waals surface area contributed by atoms with Gasteiger partial charge >= 0.3 is 6.03 Å². The highest BCUT2D eigenvalue weighted by atomic mass is 16.7. The molecular weight excluding hydrogens is 422 g/mol. The second-order valence-electron chi connectivity index (χ2n) is 7.73. The third kappa shape index (κ3) is 4.10. The first kappa shape index (κ1) is 20.6. The molecule has 0 spiro atoms. The van der Waals surface area contributed by atoms with Crippen molar-refractivity contribution in [3.8, 4) is 11.5 Å². The number of amides is 4. The molecule has 0 radical (unpaired) electrons. The van der Waals surface area contributed by atoms with E-state index in [4.69, 9.17) is 9.47 Å². The van der Waals surface area contributed by atoms with Crippen LogP contribution in [0.1, 0.15) is 12.0 Å². The number of hydrogen-bond acceptors (Lipinski definition) is 5. The van der Waals surface area contributed by atoms with Crippen molar-refractivity contribution in [3.05, 3.63) is 84.4 Å². The maximum Gasteiger partial charge on any atom is 0.322 e. The van der Waals surface area contributed by atoms with E-state index >= 15 is 0 Å². The Hall–Kier alpha value is -4.33. The van der Waals surface area contributed by atoms with Crippen molar-refractivity contribution < 1.29 is 23.9 Å². The Bertz CT molecular complexity index is 1200. The third-order valence-electron chi connectivity index (χ3n) is 5.59. The first-order chi connectivity index (χ1) is 16.1. The predicted octanol–water partition coefficient (Wildman–Crippen LogP) is 3.78. The van der Waals surface area contributed by atoms with Crippen LogP contribution >= 0.6 is 0 Å². The number of carbonyl (C=O) groups is 3. The van der Waals surface area contributed by atoms with Crippen molar-refractivity contribution in [1.82, 2.24) is 4.90 Å². The molecule has 166 valence electrons. The highest BCUT2D eigenvalue weighted by Gasteiger charge is 2.44. The first-order valence-electron chi connectivity index (χ1n) is 10.5. The van der Waals surface area contributed by atoms with Crippen LogP contribution in [0, 0.1) is 0 Å². The van der Waals surface area contributed by atoms with Gasteiger partial charge in [0.2, 0.25) is 12.7 Å². The zero-order valence-electron chi connectivity index (χ0n) is 17.6. The summed E-state index contributed by atoms with van der Waals surface area (Å²) in [6, 6.07) is 21.6. The largest absolute Gasteiger partial charge is 0.454 e. The van der Waals surface area contributed by atoms with Crippen LogP contribution in [0.4, 0.5) is 16.2 Å². The number of urea groups is 1. The van der Waals surface area contributed by atoms with Gasteiger partial charge in [0, 0.05) is 12.2 Å². The molecule has 1 N–H and O–H groups in total. The molecule has 8 nitrogen and oxygen atoms in total. The van der Waals surface area contributed by atoms with Crippen molar-refractivity contribution >= 4 is 29.2 Å². The minimum absolute atomic E-state index is 0.0967. The smallest absolute Gasteiger partial charge is 0.322 e. The van der Waals surface area contributed by atoms with Gasteiger partial charge in [-0.25, -0.2) is 9.69 Å². The number of fused-ring (bicyclic) bond motifs is 1. The molecule has 0 aromatic heterocycles. The topological polar surface area (TPSA) is 88.2 Å². The van der Waals surface area contributed by atoms with Gasteiger partial charge in [0.15, 0.2) is 11.5 Å². The molecule has 0 saturated carbocycles. The van der Waals surface area contributed by atoms with Crippen molar-refractivity contribution in [2.75, 3.05) is 17.0 Å². The molecule has 4 amide bonds. The number of nitrogens with one attached hydrogen (secondary N) is 1. The molecule has 0 aliphatic carbocycles. The molecule has 5 rings (SSSR count). The minimum atomic E-state index is -0.938. The monoisotopic (exact) mass is 443 g/mol. The Labute approximate surface area is 190 Å². The normalized spacial score (nSPS) is 16.7. The third-order valence-corrected chi connectivity index (χ3v) is 5.59. The van der Waals surface area contributed by atoms with E-state index in [-0.39, 0.29) is 25.7 Å². The quantitative estimate of drug-likeness (QED) is 0.607. The van der Waals surface area contributed by atoms with E-state index in [0.717, 1.165) is 10.5 Å². The Morgan fingerprint density at radius 2 is 1.64 bits per heavy atom. The van der Waals surface area contributed by atoms with Crippen LogP contribution in [-0.4, -0.2) is 35.6 Å². The highest BCUT2D eigenvalue weighted by Crippen LogP contribution is 2.34. The standard InChI is InChI=1S/C25H21N3O5/c29-23-14-20(24(30)28(23)19-9-5-2-6-10-19)27(25(31)26-18-7-3-1-4-8-18)15-17-11-12-21-22(13-17)33-16-32-21/h1-13,20H,14-16H2,(H,26,31)/t20-/m0/s1. The van der Waals surface area contributed by atoms with E-state index < -0.39 is 18.0 Å². The molecule has 3 aromatic rings. The fourth-order valence-corrected chi connectivity index (χ4v) is 3.98. The molecule has 2 aliphatic rings. The summed E-state index contributed by atoms with van der Waals surface area (Å²) in [6.45, 7) is 0.250. The summed E-state index contributed by atoms with van der Waals surface area (Å²) in [5.41, 5.74) is 1.83. The second kappa shape index (κ2) is 8.66. The van der Waals surface area contributed by atoms with Crippen molar-refractivity contribution in [1.29, 1.82) is 0 Å². The van der Waals surface area contributed by atoms with Gasteiger partial charge in [-0.05, 0) is 42.0 Å². The lowest BCUT2D eigenvalue weighted by atomic mass is 10.1. The molecule has 33 heavy (non-hydrogen) atoms. The van der Waals surface area contributed by atoms with Crippen molar-refractivity contribution in [2.45, 2.75) is 19.0 Å². The first-order valence-corrected chi connectivity index (χ1v) is 10.5. The second-order valence-corrected chi connectivity index (χ2v) is 7.73. The summed E-state index contributed by atoms with van der Waals surface area (Å²) < 4.78 is 10.8. The lowest BCUT2D eigenvalue weighted by molar-refractivity contribution is -0.122. The number of benzene rings is 3. The Morgan fingerprint density at radius 1 is 0.939 bits per heavy atom. The lowest BCUT2D eigenvalue weighted by Crippen LogP contribution is -2.46. The van der Waals surface area contributed by atoms with Gasteiger partial charge in [-0.2, -0.15) is 0 Å². The lowest BCUT2D eigenvalue weighted by Gasteiger charge is -2.28. The van der Waals surface area contributed by atoms with E-state index in [1.54, 1.807) is 60.7 Å². The van der Waals surface area contributed by atoms with Crippen LogP contribution in [0.2, 0.25) is 0 Å². The highest BCUT2D eigenvalue weighted by molar-refractivity contribution is 6.23. The zero-order valence-corrected chi connectivity index (χ0v) is 17.6. The van der Waals surface area contributed by atoms with Crippen LogP contribution < -0.4 is 19.7 Å². The molecule has 1 saturated heterocycles. The SMILES string of the molecule is O=C1C[C@H](N(Cc2ccc3c(c2)OCO3)C(=O)Nc2ccccc2)C(=O)N1c1ccccc1. The summed E-state index contributed by atoms with van der Waals surface area (Å²) in [6.07, 6.45) is -0.0967. The number of nitrogens with zero attached hydrogens (tertiary/aromatic N) is 2. The Kier molecular flexibility index (Phi) is 5.40. The van der Waals surface area contributed by atoms with E-state index in [1.807, 2.05) is 18.2 Å². The molecule has 2 heterocycles. The fraction of sp³-hybridized carbons (Fsp3) is 0.160. The predicted molar refractivity (Wildman–Crippen MR) is 121 cm³/mol. The molecule has 0 unspecified atom stereocenters. The van der Waals surface area contributed by atoms with Gasteiger partial charge in [-0.15, -0.1) is 0 Å². The van der Waals surface area contributed by atoms with Crippen LogP contribution in [0.15, 0.2) is 78.9 Å².